The van der Waals surface area contributed by atoms with Crippen molar-refractivity contribution in [2.24, 2.45) is 17.8 Å². The van der Waals surface area contributed by atoms with E-state index in [9.17, 15) is 9.59 Å². The van der Waals surface area contributed by atoms with Gasteiger partial charge in [-0.1, -0.05) is 6.92 Å². The summed E-state index contributed by atoms with van der Waals surface area (Å²) in [6.07, 6.45) is 1.95. The lowest BCUT2D eigenvalue weighted by Gasteiger charge is -2.21. The van der Waals surface area contributed by atoms with E-state index in [2.05, 4.69) is 6.92 Å². The van der Waals surface area contributed by atoms with E-state index in [0.29, 0.717) is 37.3 Å². The molecule has 0 aromatic heterocycles. The molecule has 0 aliphatic heterocycles. The van der Waals surface area contributed by atoms with Crippen molar-refractivity contribution in [1.82, 2.24) is 0 Å². The van der Waals surface area contributed by atoms with Gasteiger partial charge in [-0.15, -0.1) is 0 Å². The Bertz CT molecular complexity index is 217. The van der Waals surface area contributed by atoms with E-state index in [4.69, 9.17) is 9.47 Å². The van der Waals surface area contributed by atoms with Crippen molar-refractivity contribution in [3.63, 3.8) is 0 Å². The molecule has 15 heavy (non-hydrogen) atoms. The molecule has 4 heteroatoms. The third kappa shape index (κ3) is 3.22. The number of rotatable bonds is 6. The van der Waals surface area contributed by atoms with Gasteiger partial charge in [-0.05, 0) is 37.5 Å². The van der Waals surface area contributed by atoms with E-state index in [1.807, 2.05) is 6.92 Å². The van der Waals surface area contributed by atoms with Crippen molar-refractivity contribution in [2.75, 3.05) is 6.61 Å². The Kier molecular flexibility index (Phi) is 4.59. The SMILES string of the molecule is CC1CC(COC=O)CC1C(C)OC=O. The maximum Gasteiger partial charge on any atom is 0.293 e. The Morgan fingerprint density at radius 2 is 2.07 bits per heavy atom. The molecule has 0 N–H and O–H groups in total. The normalized spacial score (nSPS) is 32.0. The van der Waals surface area contributed by atoms with Gasteiger partial charge in [0.1, 0.15) is 6.10 Å². The smallest absolute Gasteiger partial charge is 0.293 e. The standard InChI is InChI=1S/C11H18O4/c1-8-3-10(5-14-6-12)4-11(8)9(2)15-7-13/h6-11H,3-5H2,1-2H3. The van der Waals surface area contributed by atoms with E-state index >= 15 is 0 Å². The predicted molar refractivity (Wildman–Crippen MR) is 54.0 cm³/mol. The molecule has 0 spiro atoms. The van der Waals surface area contributed by atoms with Gasteiger partial charge in [0, 0.05) is 0 Å². The van der Waals surface area contributed by atoms with Crippen LogP contribution in [-0.4, -0.2) is 25.7 Å². The molecule has 4 unspecified atom stereocenters. The summed E-state index contributed by atoms with van der Waals surface area (Å²) in [5.41, 5.74) is 0. The van der Waals surface area contributed by atoms with Gasteiger partial charge in [-0.3, -0.25) is 9.59 Å². The molecule has 0 aromatic carbocycles. The fourth-order valence-electron chi connectivity index (χ4n) is 2.57. The average Bonchev–Trinajstić information content (AvgIpc) is 2.57. The van der Waals surface area contributed by atoms with Gasteiger partial charge in [0.2, 0.25) is 0 Å². The molecular formula is C11H18O4. The van der Waals surface area contributed by atoms with Crippen molar-refractivity contribution >= 4 is 12.9 Å². The van der Waals surface area contributed by atoms with Crippen molar-refractivity contribution in [3.05, 3.63) is 0 Å². The van der Waals surface area contributed by atoms with Gasteiger partial charge in [0.25, 0.3) is 12.9 Å². The molecule has 0 aromatic rings. The second kappa shape index (κ2) is 5.73. The van der Waals surface area contributed by atoms with E-state index in [1.54, 1.807) is 0 Å². The van der Waals surface area contributed by atoms with Crippen LogP contribution < -0.4 is 0 Å². The Morgan fingerprint density at radius 3 is 2.67 bits per heavy atom. The van der Waals surface area contributed by atoms with E-state index in [-0.39, 0.29) is 6.10 Å². The number of hydrogen-bond donors (Lipinski definition) is 0. The van der Waals surface area contributed by atoms with Crippen LogP contribution >= 0.6 is 0 Å². The van der Waals surface area contributed by atoms with Gasteiger partial charge in [0.15, 0.2) is 0 Å². The van der Waals surface area contributed by atoms with Crippen LogP contribution in [0, 0.1) is 17.8 Å². The summed E-state index contributed by atoms with van der Waals surface area (Å²) in [4.78, 5) is 20.3. The molecule has 0 amide bonds. The maximum absolute atomic E-state index is 10.2. The number of hydrogen-bond acceptors (Lipinski definition) is 4. The van der Waals surface area contributed by atoms with Crippen LogP contribution in [0.15, 0.2) is 0 Å². The Balaban J connectivity index is 2.40. The zero-order valence-corrected chi connectivity index (χ0v) is 9.22. The fraction of sp³-hybridized carbons (Fsp3) is 0.818. The van der Waals surface area contributed by atoms with Crippen LogP contribution in [0.5, 0.6) is 0 Å². The second-order valence-electron chi connectivity index (χ2n) is 4.35. The highest BCUT2D eigenvalue weighted by molar-refractivity contribution is 5.37. The molecule has 1 saturated carbocycles. The summed E-state index contributed by atoms with van der Waals surface area (Å²) in [7, 11) is 0. The van der Waals surface area contributed by atoms with Crippen molar-refractivity contribution in [3.8, 4) is 0 Å². The summed E-state index contributed by atoms with van der Waals surface area (Å²) >= 11 is 0. The summed E-state index contributed by atoms with van der Waals surface area (Å²) in [5, 5.41) is 0. The molecule has 86 valence electrons. The van der Waals surface area contributed by atoms with E-state index in [0.717, 1.165) is 12.8 Å². The van der Waals surface area contributed by atoms with Gasteiger partial charge in [-0.25, -0.2) is 0 Å². The van der Waals surface area contributed by atoms with Crippen LogP contribution in [0.3, 0.4) is 0 Å². The highest BCUT2D eigenvalue weighted by Gasteiger charge is 2.35. The molecule has 4 atom stereocenters. The lowest BCUT2D eigenvalue weighted by molar-refractivity contribution is -0.135. The van der Waals surface area contributed by atoms with Crippen molar-refractivity contribution in [2.45, 2.75) is 32.8 Å². The monoisotopic (exact) mass is 214 g/mol. The lowest BCUT2D eigenvalue weighted by Crippen LogP contribution is -2.22. The lowest BCUT2D eigenvalue weighted by atomic mass is 9.93. The molecule has 1 fully saturated rings. The molecule has 0 bridgehead atoms. The highest BCUT2D eigenvalue weighted by atomic mass is 16.5. The predicted octanol–water partition coefficient (Wildman–Crippen LogP) is 1.38. The fourth-order valence-corrected chi connectivity index (χ4v) is 2.57. The molecule has 0 saturated heterocycles. The summed E-state index contributed by atoms with van der Waals surface area (Å²) < 4.78 is 9.72. The quantitative estimate of drug-likeness (QED) is 0.627. The zero-order chi connectivity index (χ0) is 11.3. The van der Waals surface area contributed by atoms with Gasteiger partial charge >= 0.3 is 0 Å². The van der Waals surface area contributed by atoms with Crippen LogP contribution in [0.4, 0.5) is 0 Å². The second-order valence-corrected chi connectivity index (χ2v) is 4.35. The van der Waals surface area contributed by atoms with E-state index in [1.165, 1.54) is 0 Å². The summed E-state index contributed by atoms with van der Waals surface area (Å²) in [6, 6.07) is 0. The highest BCUT2D eigenvalue weighted by Crippen LogP contribution is 2.38. The minimum atomic E-state index is -0.0428. The first-order chi connectivity index (χ1) is 7.19. The maximum atomic E-state index is 10.2. The minimum Gasteiger partial charge on any atom is -0.468 e. The molecule has 1 aliphatic carbocycles. The largest absolute Gasteiger partial charge is 0.468 e. The first-order valence-corrected chi connectivity index (χ1v) is 5.33. The van der Waals surface area contributed by atoms with Gasteiger partial charge in [0.05, 0.1) is 6.61 Å². The Hall–Kier alpha value is -1.06. The molecule has 0 radical (unpaired) electrons. The van der Waals surface area contributed by atoms with Crippen LogP contribution in [0.1, 0.15) is 26.7 Å². The van der Waals surface area contributed by atoms with Gasteiger partial charge < -0.3 is 9.47 Å². The molecule has 1 rings (SSSR count). The Labute approximate surface area is 89.9 Å². The zero-order valence-electron chi connectivity index (χ0n) is 9.22. The first-order valence-electron chi connectivity index (χ1n) is 5.33. The molecule has 1 aliphatic rings. The third-order valence-corrected chi connectivity index (χ3v) is 3.31. The third-order valence-electron chi connectivity index (χ3n) is 3.31. The summed E-state index contributed by atoms with van der Waals surface area (Å²) in [5.74, 6) is 1.31. The topological polar surface area (TPSA) is 52.6 Å². The number of carbonyl (C=O) groups is 2. The number of carbonyl (C=O) groups excluding carboxylic acids is 2. The summed E-state index contributed by atoms with van der Waals surface area (Å²) in [6.45, 7) is 5.54. The molecular weight excluding hydrogens is 196 g/mol. The van der Waals surface area contributed by atoms with Crippen molar-refractivity contribution in [1.29, 1.82) is 0 Å². The molecule has 0 heterocycles. The van der Waals surface area contributed by atoms with Crippen LogP contribution in [0.25, 0.3) is 0 Å². The Morgan fingerprint density at radius 1 is 1.33 bits per heavy atom. The average molecular weight is 214 g/mol. The number of ether oxygens (including phenoxy) is 2. The minimum absolute atomic E-state index is 0.0428. The van der Waals surface area contributed by atoms with Crippen LogP contribution in [-0.2, 0) is 19.1 Å². The van der Waals surface area contributed by atoms with E-state index < -0.39 is 0 Å². The van der Waals surface area contributed by atoms with Crippen LogP contribution in [0.2, 0.25) is 0 Å². The molecule has 4 nitrogen and oxygen atoms in total. The first kappa shape index (κ1) is 12.0. The van der Waals surface area contributed by atoms with Gasteiger partial charge in [-0.2, -0.15) is 0 Å². The van der Waals surface area contributed by atoms with Crippen molar-refractivity contribution < 1.29 is 19.1 Å².